The third kappa shape index (κ3) is 3.82. The first-order chi connectivity index (χ1) is 12.7. The molecule has 130 valence electrons. The van der Waals surface area contributed by atoms with E-state index >= 15 is 0 Å². The van der Waals surface area contributed by atoms with Gasteiger partial charge in [0.25, 0.3) is 0 Å². The summed E-state index contributed by atoms with van der Waals surface area (Å²) >= 11 is 0. The van der Waals surface area contributed by atoms with Crippen LogP contribution in [0, 0.1) is 11.3 Å². The number of benzene rings is 2. The molecule has 7 nitrogen and oxygen atoms in total. The van der Waals surface area contributed by atoms with Crippen molar-refractivity contribution in [3.63, 3.8) is 0 Å². The van der Waals surface area contributed by atoms with Gasteiger partial charge < -0.3 is 14.8 Å². The van der Waals surface area contributed by atoms with E-state index < -0.39 is 0 Å². The highest BCUT2D eigenvalue weighted by molar-refractivity contribution is 5.83. The Hall–Kier alpha value is -3.79. The molecule has 0 fully saturated rings. The lowest BCUT2D eigenvalue weighted by molar-refractivity contribution is 0.414. The van der Waals surface area contributed by atoms with Crippen molar-refractivity contribution in [2.24, 2.45) is 4.99 Å². The van der Waals surface area contributed by atoms with Gasteiger partial charge in [-0.15, -0.1) is 0 Å². The molecular weight excluding hydrogens is 330 g/mol. The number of hydrogen-bond acceptors (Lipinski definition) is 6. The molecule has 0 atom stereocenters. The molecule has 0 aliphatic heterocycles. The number of aliphatic imine (C=N–C) groups is 1. The van der Waals surface area contributed by atoms with Crippen LogP contribution in [-0.2, 0) is 0 Å². The minimum atomic E-state index is 0.338. The van der Waals surface area contributed by atoms with E-state index in [1.54, 1.807) is 20.4 Å². The molecule has 2 N–H and O–H groups in total. The maximum absolute atomic E-state index is 9.45. The van der Waals surface area contributed by atoms with Gasteiger partial charge in [-0.1, -0.05) is 0 Å². The highest BCUT2D eigenvalue weighted by Crippen LogP contribution is 2.26. The molecule has 2 aromatic carbocycles. The number of nitrogens with one attached hydrogen (secondary N) is 2. The zero-order valence-corrected chi connectivity index (χ0v) is 14.4. The van der Waals surface area contributed by atoms with Gasteiger partial charge >= 0.3 is 0 Å². The summed E-state index contributed by atoms with van der Waals surface area (Å²) in [4.78, 5) is 4.33. The Labute approximate surface area is 150 Å². The molecule has 0 radical (unpaired) electrons. The zero-order valence-electron chi connectivity index (χ0n) is 14.4. The number of aromatic nitrogens is 2. The van der Waals surface area contributed by atoms with E-state index in [1.165, 1.54) is 0 Å². The van der Waals surface area contributed by atoms with Crippen molar-refractivity contribution in [2.75, 3.05) is 19.5 Å². The SMILES string of the molecule is COc1ccc(/C=N/c2[nH]nc(Nc3ccc(OC)cc3)c2C#N)cc1. The fourth-order valence-corrected chi connectivity index (χ4v) is 2.26. The van der Waals surface area contributed by atoms with Gasteiger partial charge in [0, 0.05) is 11.9 Å². The molecule has 0 bridgehead atoms. The largest absolute Gasteiger partial charge is 0.497 e. The van der Waals surface area contributed by atoms with Gasteiger partial charge in [-0.25, -0.2) is 4.99 Å². The van der Waals surface area contributed by atoms with E-state index in [9.17, 15) is 5.26 Å². The van der Waals surface area contributed by atoms with Gasteiger partial charge in [0.15, 0.2) is 11.6 Å². The Morgan fingerprint density at radius 3 is 2.23 bits per heavy atom. The van der Waals surface area contributed by atoms with Gasteiger partial charge in [0.2, 0.25) is 0 Å². The number of anilines is 2. The normalized spacial score (nSPS) is 10.5. The number of aromatic amines is 1. The van der Waals surface area contributed by atoms with Gasteiger partial charge in [0.1, 0.15) is 23.1 Å². The summed E-state index contributed by atoms with van der Waals surface area (Å²) in [5.74, 6) is 2.33. The van der Waals surface area contributed by atoms with E-state index in [1.807, 2.05) is 48.5 Å². The number of ether oxygens (including phenoxy) is 2. The molecular formula is C19H17N5O2. The van der Waals surface area contributed by atoms with Crippen molar-refractivity contribution in [2.45, 2.75) is 0 Å². The summed E-state index contributed by atoms with van der Waals surface area (Å²) in [5, 5.41) is 19.5. The summed E-state index contributed by atoms with van der Waals surface area (Å²) in [5.41, 5.74) is 2.01. The van der Waals surface area contributed by atoms with Crippen LogP contribution in [0.3, 0.4) is 0 Å². The summed E-state index contributed by atoms with van der Waals surface area (Å²) < 4.78 is 10.3. The molecule has 0 amide bonds. The summed E-state index contributed by atoms with van der Waals surface area (Å²) in [6.07, 6.45) is 1.66. The maximum atomic E-state index is 9.45. The van der Waals surface area contributed by atoms with E-state index in [4.69, 9.17) is 9.47 Å². The third-order valence-corrected chi connectivity index (χ3v) is 3.67. The molecule has 0 aliphatic carbocycles. The van der Waals surface area contributed by atoms with Gasteiger partial charge in [-0.2, -0.15) is 10.4 Å². The third-order valence-electron chi connectivity index (χ3n) is 3.67. The van der Waals surface area contributed by atoms with Gasteiger partial charge in [0.05, 0.1) is 14.2 Å². The van der Waals surface area contributed by atoms with Crippen molar-refractivity contribution >= 4 is 23.5 Å². The summed E-state index contributed by atoms with van der Waals surface area (Å²) in [6.45, 7) is 0. The van der Waals surface area contributed by atoms with Gasteiger partial charge in [-0.3, -0.25) is 5.10 Å². The lowest BCUT2D eigenvalue weighted by Gasteiger charge is -2.04. The quantitative estimate of drug-likeness (QED) is 0.661. The number of nitrogens with zero attached hydrogens (tertiary/aromatic N) is 3. The molecule has 0 aliphatic rings. The molecule has 1 heterocycles. The lowest BCUT2D eigenvalue weighted by atomic mass is 10.2. The Morgan fingerprint density at radius 2 is 1.65 bits per heavy atom. The Balaban J connectivity index is 1.78. The molecule has 1 aromatic heterocycles. The first kappa shape index (κ1) is 17.0. The number of methoxy groups -OCH3 is 2. The molecule has 0 unspecified atom stereocenters. The molecule has 3 aromatic rings. The van der Waals surface area contributed by atoms with Crippen LogP contribution in [0.1, 0.15) is 11.1 Å². The Morgan fingerprint density at radius 1 is 1.04 bits per heavy atom. The lowest BCUT2D eigenvalue weighted by Crippen LogP contribution is -1.93. The summed E-state index contributed by atoms with van der Waals surface area (Å²) in [6, 6.07) is 16.9. The number of rotatable bonds is 6. The molecule has 0 spiro atoms. The van der Waals surface area contributed by atoms with Crippen LogP contribution in [0.4, 0.5) is 17.3 Å². The van der Waals surface area contributed by atoms with Crippen molar-refractivity contribution in [1.29, 1.82) is 5.26 Å². The van der Waals surface area contributed by atoms with E-state index in [0.29, 0.717) is 17.2 Å². The topological polar surface area (TPSA) is 95.3 Å². The van der Waals surface area contributed by atoms with Crippen molar-refractivity contribution in [1.82, 2.24) is 10.2 Å². The van der Waals surface area contributed by atoms with Crippen molar-refractivity contribution in [3.8, 4) is 17.6 Å². The Kier molecular flexibility index (Phi) is 5.15. The predicted molar refractivity (Wildman–Crippen MR) is 99.8 cm³/mol. The zero-order chi connectivity index (χ0) is 18.4. The van der Waals surface area contributed by atoms with Crippen LogP contribution < -0.4 is 14.8 Å². The first-order valence-corrected chi connectivity index (χ1v) is 7.81. The molecule has 0 saturated heterocycles. The number of hydrogen-bond donors (Lipinski definition) is 2. The maximum Gasteiger partial charge on any atom is 0.172 e. The van der Waals surface area contributed by atoms with Crippen LogP contribution in [-0.4, -0.2) is 30.6 Å². The predicted octanol–water partition coefficient (Wildman–Crippen LogP) is 3.79. The van der Waals surface area contributed by atoms with E-state index in [2.05, 4.69) is 26.6 Å². The minimum absolute atomic E-state index is 0.338. The second kappa shape index (κ2) is 7.85. The molecule has 26 heavy (non-hydrogen) atoms. The monoisotopic (exact) mass is 347 g/mol. The van der Waals surface area contributed by atoms with Crippen molar-refractivity contribution in [3.05, 3.63) is 59.7 Å². The number of H-pyrrole nitrogens is 1. The first-order valence-electron chi connectivity index (χ1n) is 7.81. The number of nitriles is 1. The molecule has 7 heteroatoms. The van der Waals surface area contributed by atoms with Crippen LogP contribution >= 0.6 is 0 Å². The highest BCUT2D eigenvalue weighted by atomic mass is 16.5. The van der Waals surface area contributed by atoms with E-state index in [-0.39, 0.29) is 0 Å². The highest BCUT2D eigenvalue weighted by Gasteiger charge is 2.12. The van der Waals surface area contributed by atoms with Crippen LogP contribution in [0.2, 0.25) is 0 Å². The van der Waals surface area contributed by atoms with Gasteiger partial charge in [-0.05, 0) is 54.1 Å². The standard InChI is InChI=1S/C19H17N5O2/c1-25-15-7-3-13(4-8-15)12-21-18-17(11-20)19(24-23-18)22-14-5-9-16(26-2)10-6-14/h3-10,12H,1-2H3,(H2,22,23,24)/b21-12+. The van der Waals surface area contributed by atoms with Crippen molar-refractivity contribution < 1.29 is 9.47 Å². The molecule has 0 saturated carbocycles. The smallest absolute Gasteiger partial charge is 0.172 e. The second-order valence-electron chi connectivity index (χ2n) is 5.29. The summed E-state index contributed by atoms with van der Waals surface area (Å²) in [7, 11) is 3.22. The average Bonchev–Trinajstić information content (AvgIpc) is 3.08. The van der Waals surface area contributed by atoms with Crippen LogP contribution in [0.15, 0.2) is 53.5 Å². The fraction of sp³-hybridized carbons (Fsp3) is 0.105. The Bertz CT molecular complexity index is 938. The van der Waals surface area contributed by atoms with E-state index in [0.717, 1.165) is 22.7 Å². The minimum Gasteiger partial charge on any atom is -0.497 e. The van der Waals surface area contributed by atoms with Crippen LogP contribution in [0.25, 0.3) is 0 Å². The average molecular weight is 347 g/mol. The van der Waals surface area contributed by atoms with Crippen LogP contribution in [0.5, 0.6) is 11.5 Å². The molecule has 3 rings (SSSR count). The fourth-order valence-electron chi connectivity index (χ4n) is 2.26. The second-order valence-corrected chi connectivity index (χ2v) is 5.29.